The van der Waals surface area contributed by atoms with Gasteiger partial charge in [-0.25, -0.2) is 4.79 Å². The fourth-order valence-electron chi connectivity index (χ4n) is 1.42. The number of rotatable bonds is 6. The molecular weight excluding hydrogens is 244 g/mol. The second-order valence-corrected chi connectivity index (χ2v) is 6.95. The molecular formula is C11H17O3S2+. The van der Waals surface area contributed by atoms with E-state index in [1.165, 1.54) is 36.1 Å². The first kappa shape index (κ1) is 13.6. The average molecular weight is 261 g/mol. The van der Waals surface area contributed by atoms with Gasteiger partial charge in [0.15, 0.2) is 5.75 Å². The third-order valence-corrected chi connectivity index (χ3v) is 5.62. The van der Waals surface area contributed by atoms with Crippen molar-refractivity contribution >= 4 is 33.7 Å². The summed E-state index contributed by atoms with van der Waals surface area (Å²) < 4.78 is 4.78. The number of ether oxygens (including phenoxy) is 1. The van der Waals surface area contributed by atoms with E-state index in [0.717, 1.165) is 6.08 Å². The van der Waals surface area contributed by atoms with Crippen molar-refractivity contribution in [1.82, 2.24) is 0 Å². The molecule has 0 unspecified atom stereocenters. The molecule has 1 aliphatic heterocycles. The zero-order valence-corrected chi connectivity index (χ0v) is 10.9. The monoisotopic (exact) mass is 261 g/mol. The van der Waals surface area contributed by atoms with Crippen LogP contribution in [0.3, 0.4) is 0 Å². The van der Waals surface area contributed by atoms with Gasteiger partial charge in [-0.1, -0.05) is 18.3 Å². The lowest BCUT2D eigenvalue weighted by Gasteiger charge is -2.01. The summed E-state index contributed by atoms with van der Waals surface area (Å²) in [5.74, 6) is 3.27. The molecule has 0 atom stereocenters. The van der Waals surface area contributed by atoms with Gasteiger partial charge in [-0.15, -0.1) is 0 Å². The Bertz CT molecular complexity index is 260. The van der Waals surface area contributed by atoms with Gasteiger partial charge in [0, 0.05) is 11.8 Å². The minimum Gasteiger partial charge on any atom is -0.462 e. The van der Waals surface area contributed by atoms with E-state index in [1.54, 1.807) is 0 Å². The molecule has 1 rings (SSSR count). The van der Waals surface area contributed by atoms with E-state index >= 15 is 0 Å². The maximum atomic E-state index is 11.5. The molecule has 1 fully saturated rings. The summed E-state index contributed by atoms with van der Waals surface area (Å²) in [6.07, 6.45) is 3.68. The SMILES string of the molecule is C=CC(=O)OCCSC(=O)C[S+]1CCCC1. The molecule has 0 saturated carbocycles. The van der Waals surface area contributed by atoms with Crippen LogP contribution in [0.15, 0.2) is 12.7 Å². The van der Waals surface area contributed by atoms with Crippen LogP contribution in [0.2, 0.25) is 0 Å². The first-order valence-corrected chi connectivity index (χ1v) is 8.03. The van der Waals surface area contributed by atoms with Gasteiger partial charge >= 0.3 is 5.97 Å². The van der Waals surface area contributed by atoms with Crippen LogP contribution in [0.5, 0.6) is 0 Å². The number of carbonyl (C=O) groups is 2. The molecule has 0 aromatic heterocycles. The average Bonchev–Trinajstić information content (AvgIpc) is 2.76. The van der Waals surface area contributed by atoms with Crippen molar-refractivity contribution in [2.24, 2.45) is 0 Å². The van der Waals surface area contributed by atoms with E-state index in [1.807, 2.05) is 0 Å². The highest BCUT2D eigenvalue weighted by molar-refractivity contribution is 8.15. The van der Waals surface area contributed by atoms with Crippen LogP contribution in [-0.2, 0) is 25.2 Å². The highest BCUT2D eigenvalue weighted by atomic mass is 32.2. The minimum absolute atomic E-state index is 0.236. The standard InChI is InChI=1S/C11H17O3S2/c1-2-10(12)14-5-6-15-11(13)9-16-7-3-4-8-16/h2H,1,3-9H2/q+1. The molecule has 3 nitrogen and oxygen atoms in total. The topological polar surface area (TPSA) is 43.4 Å². The van der Waals surface area contributed by atoms with Crippen LogP contribution in [0.1, 0.15) is 12.8 Å². The molecule has 90 valence electrons. The third kappa shape index (κ3) is 5.61. The summed E-state index contributed by atoms with van der Waals surface area (Å²) in [6, 6.07) is 0. The van der Waals surface area contributed by atoms with Gasteiger partial charge in [0.25, 0.3) is 0 Å². The van der Waals surface area contributed by atoms with Crippen LogP contribution >= 0.6 is 11.8 Å². The zero-order valence-electron chi connectivity index (χ0n) is 9.28. The Morgan fingerprint density at radius 1 is 1.38 bits per heavy atom. The minimum atomic E-state index is -0.425. The van der Waals surface area contributed by atoms with Crippen molar-refractivity contribution in [3.05, 3.63) is 12.7 Å². The predicted molar refractivity (Wildman–Crippen MR) is 69.8 cm³/mol. The van der Waals surface area contributed by atoms with E-state index in [-0.39, 0.29) is 11.7 Å². The van der Waals surface area contributed by atoms with Gasteiger partial charge in [-0.2, -0.15) is 0 Å². The Morgan fingerprint density at radius 3 is 2.69 bits per heavy atom. The van der Waals surface area contributed by atoms with Crippen molar-refractivity contribution in [2.45, 2.75) is 12.8 Å². The normalized spacial score (nSPS) is 16.0. The summed E-state index contributed by atoms with van der Waals surface area (Å²) in [6.45, 7) is 3.58. The molecule has 0 N–H and O–H groups in total. The number of carbonyl (C=O) groups excluding carboxylic acids is 2. The number of esters is 1. The van der Waals surface area contributed by atoms with E-state index in [4.69, 9.17) is 4.74 Å². The number of hydrogen-bond donors (Lipinski definition) is 0. The fraction of sp³-hybridized carbons (Fsp3) is 0.636. The Balaban J connectivity index is 2.01. The highest BCUT2D eigenvalue weighted by Gasteiger charge is 2.26. The molecule has 1 saturated heterocycles. The maximum Gasteiger partial charge on any atom is 0.330 e. The molecule has 1 aliphatic rings. The van der Waals surface area contributed by atoms with Crippen molar-refractivity contribution < 1.29 is 14.3 Å². The number of hydrogen-bond acceptors (Lipinski definition) is 4. The van der Waals surface area contributed by atoms with Gasteiger partial charge < -0.3 is 4.74 Å². The van der Waals surface area contributed by atoms with Crippen LogP contribution in [0.25, 0.3) is 0 Å². The highest BCUT2D eigenvalue weighted by Crippen LogP contribution is 2.16. The third-order valence-electron chi connectivity index (χ3n) is 2.20. The first-order valence-electron chi connectivity index (χ1n) is 5.31. The molecule has 5 heteroatoms. The Morgan fingerprint density at radius 2 is 2.06 bits per heavy atom. The maximum absolute atomic E-state index is 11.5. The molecule has 1 heterocycles. The van der Waals surface area contributed by atoms with Gasteiger partial charge in [-0.3, -0.25) is 4.79 Å². The van der Waals surface area contributed by atoms with Gasteiger partial charge in [0.05, 0.1) is 0 Å². The molecule has 0 spiro atoms. The van der Waals surface area contributed by atoms with Crippen LogP contribution in [0.4, 0.5) is 0 Å². The van der Waals surface area contributed by atoms with Crippen LogP contribution in [-0.4, -0.2) is 40.7 Å². The molecule has 0 aromatic rings. The van der Waals surface area contributed by atoms with E-state index in [0.29, 0.717) is 22.4 Å². The molecule has 16 heavy (non-hydrogen) atoms. The van der Waals surface area contributed by atoms with Crippen molar-refractivity contribution in [2.75, 3.05) is 29.6 Å². The molecule has 0 radical (unpaired) electrons. The quantitative estimate of drug-likeness (QED) is 0.314. The largest absolute Gasteiger partial charge is 0.462 e. The summed E-state index contributed by atoms with van der Waals surface area (Å²) in [5.41, 5.74) is 0. The van der Waals surface area contributed by atoms with Gasteiger partial charge in [0.1, 0.15) is 18.1 Å². The van der Waals surface area contributed by atoms with Gasteiger partial charge in [0.2, 0.25) is 5.12 Å². The van der Waals surface area contributed by atoms with Crippen molar-refractivity contribution in [3.8, 4) is 0 Å². The van der Waals surface area contributed by atoms with E-state index < -0.39 is 5.97 Å². The number of thioether (sulfide) groups is 1. The molecule has 0 bridgehead atoms. The van der Waals surface area contributed by atoms with Crippen LogP contribution in [0, 0.1) is 0 Å². The molecule has 0 aromatic carbocycles. The summed E-state index contributed by atoms with van der Waals surface area (Å²) in [7, 11) is 0.333. The van der Waals surface area contributed by atoms with Crippen LogP contribution < -0.4 is 0 Å². The summed E-state index contributed by atoms with van der Waals surface area (Å²) >= 11 is 1.27. The van der Waals surface area contributed by atoms with E-state index in [9.17, 15) is 9.59 Å². The Kier molecular flexibility index (Phi) is 6.64. The lowest BCUT2D eigenvalue weighted by atomic mass is 10.4. The van der Waals surface area contributed by atoms with Crippen molar-refractivity contribution in [3.63, 3.8) is 0 Å². The molecule has 0 aliphatic carbocycles. The van der Waals surface area contributed by atoms with Crippen molar-refractivity contribution in [1.29, 1.82) is 0 Å². The second kappa shape index (κ2) is 7.79. The first-order chi connectivity index (χ1) is 7.72. The Labute approximate surface area is 103 Å². The van der Waals surface area contributed by atoms with E-state index in [2.05, 4.69) is 6.58 Å². The smallest absolute Gasteiger partial charge is 0.330 e. The molecule has 0 amide bonds. The summed E-state index contributed by atoms with van der Waals surface area (Å²) in [4.78, 5) is 22.2. The fourth-order valence-corrected chi connectivity index (χ4v) is 4.70. The predicted octanol–water partition coefficient (Wildman–Crippen LogP) is 1.39. The van der Waals surface area contributed by atoms with Gasteiger partial charge in [-0.05, 0) is 23.7 Å². The zero-order chi connectivity index (χ0) is 11.8. The lowest BCUT2D eigenvalue weighted by molar-refractivity contribution is -0.137. The second-order valence-electron chi connectivity index (χ2n) is 3.46. The Hall–Kier alpha value is -0.420. The lowest BCUT2D eigenvalue weighted by Crippen LogP contribution is -2.16. The summed E-state index contributed by atoms with van der Waals surface area (Å²) in [5, 5.41) is 0.236.